The van der Waals surface area contributed by atoms with Crippen LogP contribution in [0.5, 0.6) is 0 Å². The van der Waals surface area contributed by atoms with Gasteiger partial charge in [0.2, 0.25) is 0 Å². The van der Waals surface area contributed by atoms with Gasteiger partial charge in [0.15, 0.2) is 0 Å². The van der Waals surface area contributed by atoms with Gasteiger partial charge >= 0.3 is 0 Å². The second kappa shape index (κ2) is 1.34. The van der Waals surface area contributed by atoms with E-state index in [9.17, 15) is 0 Å². The van der Waals surface area contributed by atoms with Crippen LogP contribution in [0.4, 0.5) is 0 Å². The Morgan fingerprint density at radius 2 is 2.11 bits per heavy atom. The quantitative estimate of drug-likeness (QED) is 0.563. The van der Waals surface area contributed by atoms with Crippen molar-refractivity contribution in [1.29, 1.82) is 0 Å². The molecule has 0 bridgehead atoms. The van der Waals surface area contributed by atoms with E-state index in [1.54, 1.807) is 0 Å². The molecular weight excluding hydrogens is 110 g/mol. The molecule has 0 radical (unpaired) electrons. The largest absolute Gasteiger partial charge is 0.328 e. The zero-order chi connectivity index (χ0) is 6.65. The van der Waals surface area contributed by atoms with Crippen LogP contribution in [-0.4, -0.2) is 6.04 Å². The first kappa shape index (κ1) is 5.72. The van der Waals surface area contributed by atoms with Gasteiger partial charge in [0, 0.05) is 6.04 Å². The van der Waals surface area contributed by atoms with Gasteiger partial charge in [-0.05, 0) is 37.0 Å². The van der Waals surface area contributed by atoms with Gasteiger partial charge in [-0.3, -0.25) is 0 Å². The van der Waals surface area contributed by atoms with E-state index in [0.717, 1.165) is 17.3 Å². The van der Waals surface area contributed by atoms with Gasteiger partial charge < -0.3 is 5.73 Å². The van der Waals surface area contributed by atoms with Gasteiger partial charge in [0.25, 0.3) is 0 Å². The molecule has 0 saturated heterocycles. The Morgan fingerprint density at radius 1 is 1.56 bits per heavy atom. The molecule has 0 aromatic rings. The minimum absolute atomic E-state index is 0.447. The Kier molecular flexibility index (Phi) is 0.852. The summed E-state index contributed by atoms with van der Waals surface area (Å²) in [7, 11) is 0. The highest BCUT2D eigenvalue weighted by atomic mass is 14.8. The third-order valence-electron chi connectivity index (χ3n) is 3.39. The molecule has 1 nitrogen and oxygen atoms in total. The average molecular weight is 125 g/mol. The maximum atomic E-state index is 5.80. The summed E-state index contributed by atoms with van der Waals surface area (Å²) in [5.41, 5.74) is 6.58. The van der Waals surface area contributed by atoms with E-state index in [0.29, 0.717) is 6.04 Å². The van der Waals surface area contributed by atoms with Crippen molar-refractivity contribution in [1.82, 2.24) is 0 Å². The van der Waals surface area contributed by atoms with Crippen LogP contribution in [0, 0.1) is 17.3 Å². The van der Waals surface area contributed by atoms with E-state index in [1.807, 2.05) is 0 Å². The summed E-state index contributed by atoms with van der Waals surface area (Å²) in [6.07, 6.45) is 2.92. The van der Waals surface area contributed by atoms with E-state index >= 15 is 0 Å². The lowest BCUT2D eigenvalue weighted by atomic mass is 10.2. The number of rotatable bonds is 1. The van der Waals surface area contributed by atoms with Gasteiger partial charge in [0.1, 0.15) is 0 Å². The first-order chi connectivity index (χ1) is 4.18. The van der Waals surface area contributed by atoms with Gasteiger partial charge in [-0.2, -0.15) is 0 Å². The van der Waals surface area contributed by atoms with Crippen LogP contribution in [0.3, 0.4) is 0 Å². The Balaban J connectivity index is 2.04. The van der Waals surface area contributed by atoms with Crippen LogP contribution >= 0.6 is 0 Å². The number of nitrogens with two attached hydrogens (primary N) is 1. The highest BCUT2D eigenvalue weighted by Gasteiger charge is 2.69. The van der Waals surface area contributed by atoms with Crippen molar-refractivity contribution < 1.29 is 0 Å². The van der Waals surface area contributed by atoms with Gasteiger partial charge in [-0.1, -0.05) is 6.92 Å². The van der Waals surface area contributed by atoms with Crippen LogP contribution in [0.2, 0.25) is 0 Å². The minimum Gasteiger partial charge on any atom is -0.328 e. The summed E-state index contributed by atoms with van der Waals surface area (Å²) in [5.74, 6) is 1.81. The molecule has 3 unspecified atom stereocenters. The Hall–Kier alpha value is -0.0400. The third-order valence-corrected chi connectivity index (χ3v) is 3.39. The van der Waals surface area contributed by atoms with Gasteiger partial charge in [0.05, 0.1) is 0 Å². The van der Waals surface area contributed by atoms with Crippen molar-refractivity contribution in [3.05, 3.63) is 0 Å². The fraction of sp³-hybridized carbons (Fsp3) is 1.00. The molecule has 0 amide bonds. The SMILES string of the molecule is CC(N)C1C(C)C12CC2. The van der Waals surface area contributed by atoms with E-state index in [-0.39, 0.29) is 0 Å². The summed E-state index contributed by atoms with van der Waals surface area (Å²) in [4.78, 5) is 0. The molecule has 0 aliphatic heterocycles. The van der Waals surface area contributed by atoms with Crippen molar-refractivity contribution in [2.75, 3.05) is 0 Å². The number of hydrogen-bond donors (Lipinski definition) is 1. The highest BCUT2D eigenvalue weighted by molar-refractivity contribution is 5.19. The Bertz CT molecular complexity index is 136. The number of hydrogen-bond acceptors (Lipinski definition) is 1. The molecule has 1 heteroatoms. The molecule has 52 valence electrons. The molecule has 2 rings (SSSR count). The van der Waals surface area contributed by atoms with Crippen LogP contribution < -0.4 is 5.73 Å². The molecule has 0 aromatic carbocycles. The zero-order valence-electron chi connectivity index (χ0n) is 6.22. The van der Waals surface area contributed by atoms with Crippen molar-refractivity contribution in [3.8, 4) is 0 Å². The van der Waals surface area contributed by atoms with Crippen LogP contribution in [0.1, 0.15) is 26.7 Å². The van der Waals surface area contributed by atoms with Gasteiger partial charge in [-0.25, -0.2) is 0 Å². The summed E-state index contributed by atoms with van der Waals surface area (Å²) in [6.45, 7) is 4.50. The van der Waals surface area contributed by atoms with Crippen LogP contribution in [0.25, 0.3) is 0 Å². The summed E-state index contributed by atoms with van der Waals surface area (Å²) < 4.78 is 0. The molecule has 2 saturated carbocycles. The second-order valence-electron chi connectivity index (χ2n) is 3.91. The molecule has 2 fully saturated rings. The van der Waals surface area contributed by atoms with Crippen molar-refractivity contribution >= 4 is 0 Å². The minimum atomic E-state index is 0.447. The maximum absolute atomic E-state index is 5.80. The zero-order valence-corrected chi connectivity index (χ0v) is 6.22. The fourth-order valence-electron chi connectivity index (χ4n) is 2.65. The predicted octanol–water partition coefficient (Wildman–Crippen LogP) is 1.38. The highest BCUT2D eigenvalue weighted by Crippen LogP contribution is 2.75. The lowest BCUT2D eigenvalue weighted by Gasteiger charge is -1.99. The van der Waals surface area contributed by atoms with E-state index in [2.05, 4.69) is 13.8 Å². The van der Waals surface area contributed by atoms with Crippen molar-refractivity contribution in [2.45, 2.75) is 32.7 Å². The first-order valence-electron chi connectivity index (χ1n) is 3.94. The fourth-order valence-corrected chi connectivity index (χ4v) is 2.65. The van der Waals surface area contributed by atoms with E-state index in [1.165, 1.54) is 12.8 Å². The van der Waals surface area contributed by atoms with Crippen molar-refractivity contribution in [2.24, 2.45) is 23.0 Å². The van der Waals surface area contributed by atoms with E-state index < -0.39 is 0 Å². The molecule has 1 spiro atoms. The Labute approximate surface area is 56.6 Å². The third kappa shape index (κ3) is 0.536. The molecule has 2 N–H and O–H groups in total. The first-order valence-corrected chi connectivity index (χ1v) is 3.94. The lowest BCUT2D eigenvalue weighted by Crippen LogP contribution is -2.19. The second-order valence-corrected chi connectivity index (χ2v) is 3.91. The summed E-state index contributed by atoms with van der Waals surface area (Å²) in [5, 5.41) is 0. The average Bonchev–Trinajstić information content (AvgIpc) is 2.54. The normalized spacial score (nSPS) is 47.0. The predicted molar refractivity (Wildman–Crippen MR) is 38.0 cm³/mol. The van der Waals surface area contributed by atoms with Crippen molar-refractivity contribution in [3.63, 3.8) is 0 Å². The van der Waals surface area contributed by atoms with E-state index in [4.69, 9.17) is 5.73 Å². The Morgan fingerprint density at radius 3 is 2.22 bits per heavy atom. The van der Waals surface area contributed by atoms with Crippen LogP contribution in [-0.2, 0) is 0 Å². The topological polar surface area (TPSA) is 26.0 Å². The summed E-state index contributed by atoms with van der Waals surface area (Å²) in [6, 6.07) is 0.447. The molecular formula is C8H15N. The van der Waals surface area contributed by atoms with Crippen LogP contribution in [0.15, 0.2) is 0 Å². The molecule has 2 aliphatic carbocycles. The van der Waals surface area contributed by atoms with Gasteiger partial charge in [-0.15, -0.1) is 0 Å². The molecule has 3 atom stereocenters. The molecule has 9 heavy (non-hydrogen) atoms. The molecule has 2 aliphatic rings. The lowest BCUT2D eigenvalue weighted by molar-refractivity contribution is 0.577. The molecule has 0 aromatic heterocycles. The summed E-state index contributed by atoms with van der Waals surface area (Å²) >= 11 is 0. The molecule has 0 heterocycles. The monoisotopic (exact) mass is 125 g/mol. The maximum Gasteiger partial charge on any atom is 0.00469 e. The standard InChI is InChI=1S/C8H15N/c1-5-7(6(2)9)8(5)3-4-8/h5-7H,3-4,9H2,1-2H3. The smallest absolute Gasteiger partial charge is 0.00469 e.